The number of carbonyl (C=O) groups is 1. The molecule has 0 unspecified atom stereocenters. The molecule has 1 aliphatic rings. The normalized spacial score (nSPS) is 17.5. The van der Waals surface area contributed by atoms with Crippen LogP contribution in [0.15, 0.2) is 35.6 Å². The summed E-state index contributed by atoms with van der Waals surface area (Å²) >= 11 is 3.21. The van der Waals surface area contributed by atoms with Crippen LogP contribution in [0.1, 0.15) is 47.4 Å². The Morgan fingerprint density at radius 1 is 1.30 bits per heavy atom. The van der Waals surface area contributed by atoms with Crippen LogP contribution in [0.5, 0.6) is 0 Å². The highest BCUT2D eigenvalue weighted by molar-refractivity contribution is 8.00. The van der Waals surface area contributed by atoms with Gasteiger partial charge in [0, 0.05) is 10.3 Å². The van der Waals surface area contributed by atoms with Gasteiger partial charge in [-0.25, -0.2) is 9.97 Å². The van der Waals surface area contributed by atoms with Crippen molar-refractivity contribution in [3.8, 4) is 0 Å². The minimum absolute atomic E-state index is 0.0677. The van der Waals surface area contributed by atoms with E-state index in [-0.39, 0.29) is 17.2 Å². The molecule has 4 nitrogen and oxygen atoms in total. The van der Waals surface area contributed by atoms with Crippen LogP contribution in [-0.2, 0) is 11.2 Å². The van der Waals surface area contributed by atoms with Gasteiger partial charge in [-0.2, -0.15) is 0 Å². The molecule has 2 atom stereocenters. The van der Waals surface area contributed by atoms with Gasteiger partial charge in [0.2, 0.25) is 5.91 Å². The first-order valence-corrected chi connectivity index (χ1v) is 11.0. The van der Waals surface area contributed by atoms with Crippen LogP contribution in [0, 0.1) is 13.8 Å². The van der Waals surface area contributed by atoms with Crippen LogP contribution in [0.2, 0.25) is 0 Å². The molecule has 1 amide bonds. The van der Waals surface area contributed by atoms with Gasteiger partial charge in [0.15, 0.2) is 0 Å². The first kappa shape index (κ1) is 18.4. The van der Waals surface area contributed by atoms with E-state index in [4.69, 9.17) is 0 Å². The molecule has 2 aromatic heterocycles. The zero-order valence-corrected chi connectivity index (χ0v) is 17.4. The highest BCUT2D eigenvalue weighted by Gasteiger charge is 2.25. The van der Waals surface area contributed by atoms with Crippen LogP contribution in [0.25, 0.3) is 10.2 Å². The van der Waals surface area contributed by atoms with Gasteiger partial charge in [-0.15, -0.1) is 11.3 Å². The summed E-state index contributed by atoms with van der Waals surface area (Å²) in [5.74, 6) is 0.0677. The summed E-state index contributed by atoms with van der Waals surface area (Å²) in [6.07, 6.45) is 4.81. The number of thioether (sulfide) groups is 1. The van der Waals surface area contributed by atoms with Crippen LogP contribution in [0.3, 0.4) is 0 Å². The molecule has 0 radical (unpaired) electrons. The number of rotatable bonds is 4. The largest absolute Gasteiger partial charge is 0.348 e. The van der Waals surface area contributed by atoms with E-state index in [1.807, 2.05) is 6.92 Å². The zero-order chi connectivity index (χ0) is 19.0. The van der Waals surface area contributed by atoms with Crippen molar-refractivity contribution < 1.29 is 4.79 Å². The fourth-order valence-corrected chi connectivity index (χ4v) is 5.70. The lowest BCUT2D eigenvalue weighted by molar-refractivity contribution is -0.121. The molecule has 1 aromatic carbocycles. The fourth-order valence-electron chi connectivity index (χ4n) is 3.65. The Labute approximate surface area is 167 Å². The molecule has 4 rings (SSSR count). The molecular weight excluding hydrogens is 374 g/mol. The van der Waals surface area contributed by atoms with Crippen LogP contribution in [-0.4, -0.2) is 21.1 Å². The molecule has 3 aromatic rings. The molecule has 0 saturated heterocycles. The van der Waals surface area contributed by atoms with E-state index >= 15 is 0 Å². The van der Waals surface area contributed by atoms with Gasteiger partial charge in [-0.1, -0.05) is 36.0 Å². The Hall–Kier alpha value is -1.92. The summed E-state index contributed by atoms with van der Waals surface area (Å²) in [5, 5.41) is 5.04. The molecule has 0 spiro atoms. The smallest absolute Gasteiger partial charge is 0.233 e. The highest BCUT2D eigenvalue weighted by atomic mass is 32.2. The third-order valence-corrected chi connectivity index (χ3v) is 7.49. The van der Waals surface area contributed by atoms with E-state index in [1.165, 1.54) is 33.3 Å². The topological polar surface area (TPSA) is 54.9 Å². The quantitative estimate of drug-likeness (QED) is 0.498. The Morgan fingerprint density at radius 3 is 2.96 bits per heavy atom. The Morgan fingerprint density at radius 2 is 2.11 bits per heavy atom. The number of thiophene rings is 1. The van der Waals surface area contributed by atoms with Crippen molar-refractivity contribution >= 4 is 39.2 Å². The first-order chi connectivity index (χ1) is 13.0. The molecule has 2 heterocycles. The number of hydrogen-bond acceptors (Lipinski definition) is 5. The SMILES string of the molecule is Cc1sc2ncnc(S[C@@H](C)C(=O)N[C@H]3CCCc4ccccc43)c2c1C. The second-order valence-corrected chi connectivity index (χ2v) is 9.59. The maximum absolute atomic E-state index is 12.9. The van der Waals surface area contributed by atoms with Gasteiger partial charge in [-0.3, -0.25) is 4.79 Å². The Balaban J connectivity index is 1.51. The molecule has 0 bridgehead atoms. The van der Waals surface area contributed by atoms with Crippen LogP contribution < -0.4 is 5.32 Å². The summed E-state index contributed by atoms with van der Waals surface area (Å²) in [5.41, 5.74) is 3.84. The van der Waals surface area contributed by atoms with Gasteiger partial charge < -0.3 is 5.32 Å². The number of carbonyl (C=O) groups excluding carboxylic acids is 1. The lowest BCUT2D eigenvalue weighted by Crippen LogP contribution is -2.35. The third kappa shape index (κ3) is 3.60. The molecule has 1 aliphatic carbocycles. The minimum atomic E-state index is -0.211. The van der Waals surface area contributed by atoms with Gasteiger partial charge >= 0.3 is 0 Å². The van der Waals surface area contributed by atoms with Crippen molar-refractivity contribution in [2.45, 2.75) is 56.4 Å². The summed E-state index contributed by atoms with van der Waals surface area (Å²) in [7, 11) is 0. The molecule has 0 aliphatic heterocycles. The van der Waals surface area contributed by atoms with Crippen molar-refractivity contribution in [3.63, 3.8) is 0 Å². The second kappa shape index (κ2) is 7.60. The standard InChI is InChI=1S/C21H23N3OS2/c1-12-13(2)26-20-18(12)21(23-11-22-20)27-14(3)19(25)24-17-10-6-8-15-7-4-5-9-16(15)17/h4-5,7,9,11,14,17H,6,8,10H2,1-3H3,(H,24,25)/t14-,17-/m0/s1. The van der Waals surface area contributed by atoms with E-state index < -0.39 is 0 Å². The highest BCUT2D eigenvalue weighted by Crippen LogP contribution is 2.36. The van der Waals surface area contributed by atoms with E-state index in [0.717, 1.165) is 34.5 Å². The van der Waals surface area contributed by atoms with Crippen molar-refractivity contribution in [2.24, 2.45) is 0 Å². The molecule has 0 saturated carbocycles. The molecular formula is C21H23N3OS2. The van der Waals surface area contributed by atoms with Gasteiger partial charge in [0.05, 0.1) is 11.3 Å². The number of aromatic nitrogens is 2. The Kier molecular flexibility index (Phi) is 5.19. The minimum Gasteiger partial charge on any atom is -0.348 e. The lowest BCUT2D eigenvalue weighted by atomic mass is 9.88. The number of aryl methyl sites for hydroxylation is 3. The summed E-state index contributed by atoms with van der Waals surface area (Å²) in [6.45, 7) is 6.16. The third-order valence-electron chi connectivity index (χ3n) is 5.27. The maximum atomic E-state index is 12.9. The van der Waals surface area contributed by atoms with Crippen molar-refractivity contribution in [1.29, 1.82) is 0 Å². The van der Waals surface area contributed by atoms with Crippen molar-refractivity contribution in [1.82, 2.24) is 15.3 Å². The number of amides is 1. The Bertz CT molecular complexity index is 998. The number of fused-ring (bicyclic) bond motifs is 2. The summed E-state index contributed by atoms with van der Waals surface area (Å²) in [6, 6.07) is 8.56. The lowest BCUT2D eigenvalue weighted by Gasteiger charge is -2.27. The first-order valence-electron chi connectivity index (χ1n) is 9.30. The molecule has 6 heteroatoms. The van der Waals surface area contributed by atoms with Crippen molar-refractivity contribution in [3.05, 3.63) is 52.2 Å². The fraction of sp³-hybridized carbons (Fsp3) is 0.381. The van der Waals surface area contributed by atoms with Gasteiger partial charge in [0.1, 0.15) is 16.2 Å². The monoisotopic (exact) mass is 397 g/mol. The second-order valence-electron chi connectivity index (χ2n) is 7.05. The van der Waals surface area contributed by atoms with Crippen LogP contribution in [0.4, 0.5) is 0 Å². The molecule has 140 valence electrons. The van der Waals surface area contributed by atoms with E-state index in [0.29, 0.717) is 0 Å². The molecule has 27 heavy (non-hydrogen) atoms. The number of benzene rings is 1. The number of nitrogens with zero attached hydrogens (tertiary/aromatic N) is 2. The van der Waals surface area contributed by atoms with E-state index in [1.54, 1.807) is 17.7 Å². The average Bonchev–Trinajstić information content (AvgIpc) is 2.97. The maximum Gasteiger partial charge on any atom is 0.233 e. The number of hydrogen-bond donors (Lipinski definition) is 1. The predicted molar refractivity (Wildman–Crippen MR) is 112 cm³/mol. The summed E-state index contributed by atoms with van der Waals surface area (Å²) in [4.78, 5) is 24.0. The number of nitrogens with one attached hydrogen (secondary N) is 1. The molecule has 0 fully saturated rings. The molecule has 1 N–H and O–H groups in total. The predicted octanol–water partition coefficient (Wildman–Crippen LogP) is 4.98. The zero-order valence-electron chi connectivity index (χ0n) is 15.8. The summed E-state index contributed by atoms with van der Waals surface area (Å²) < 4.78 is 0. The van der Waals surface area contributed by atoms with E-state index in [9.17, 15) is 4.79 Å². The van der Waals surface area contributed by atoms with Gasteiger partial charge in [-0.05, 0) is 56.7 Å². The van der Waals surface area contributed by atoms with E-state index in [2.05, 4.69) is 53.4 Å². The van der Waals surface area contributed by atoms with Crippen molar-refractivity contribution in [2.75, 3.05) is 0 Å². The van der Waals surface area contributed by atoms with Gasteiger partial charge in [0.25, 0.3) is 0 Å². The van der Waals surface area contributed by atoms with Crippen LogP contribution >= 0.6 is 23.1 Å². The average molecular weight is 398 g/mol.